The summed E-state index contributed by atoms with van der Waals surface area (Å²) in [6, 6.07) is -0.944. The number of carboxylic acid groups (broad SMARTS) is 1. The molecule has 1 atom stereocenters. The first-order valence-electron chi connectivity index (χ1n) is 4.69. The van der Waals surface area contributed by atoms with E-state index in [9.17, 15) is 22.8 Å². The average molecular weight is 272 g/mol. The summed E-state index contributed by atoms with van der Waals surface area (Å²) < 4.78 is 35.4. The summed E-state index contributed by atoms with van der Waals surface area (Å²) in [5.41, 5.74) is 0. The number of alkyl halides is 3. The zero-order chi connectivity index (χ0) is 13.1. The molecule has 0 spiro atoms. The van der Waals surface area contributed by atoms with Crippen molar-refractivity contribution in [1.29, 1.82) is 0 Å². The predicted octanol–water partition coefficient (Wildman–Crippen LogP) is 0.124. The van der Waals surface area contributed by atoms with Crippen LogP contribution in [0.5, 0.6) is 0 Å². The van der Waals surface area contributed by atoms with Gasteiger partial charge in [-0.3, -0.25) is 4.79 Å². The van der Waals surface area contributed by atoms with Gasteiger partial charge in [0.25, 0.3) is 0 Å². The van der Waals surface area contributed by atoms with Crippen molar-refractivity contribution in [2.75, 3.05) is 24.7 Å². The quantitative estimate of drug-likeness (QED) is 0.761. The van der Waals surface area contributed by atoms with Crippen LogP contribution in [0.1, 0.15) is 0 Å². The Kier molecular flexibility index (Phi) is 4.63. The third-order valence-corrected chi connectivity index (χ3v) is 3.10. The molecular formula is C8H11F3N2O3S. The van der Waals surface area contributed by atoms with Gasteiger partial charge in [-0.05, 0) is 0 Å². The van der Waals surface area contributed by atoms with Crippen LogP contribution in [-0.4, -0.2) is 58.8 Å². The molecule has 0 saturated carbocycles. The molecule has 0 aromatic carbocycles. The van der Waals surface area contributed by atoms with Crippen LogP contribution in [0.25, 0.3) is 0 Å². The molecule has 0 aromatic rings. The van der Waals surface area contributed by atoms with Gasteiger partial charge in [0.1, 0.15) is 6.04 Å². The number of aliphatic carboxylic acids is 1. The zero-order valence-electron chi connectivity index (χ0n) is 8.66. The van der Waals surface area contributed by atoms with Crippen LogP contribution in [0.2, 0.25) is 0 Å². The molecular weight excluding hydrogens is 261 g/mol. The van der Waals surface area contributed by atoms with Crippen molar-refractivity contribution in [1.82, 2.24) is 10.2 Å². The summed E-state index contributed by atoms with van der Waals surface area (Å²) in [5, 5.41) is 10.7. The fourth-order valence-electron chi connectivity index (χ4n) is 1.31. The number of carbonyl (C=O) groups excluding carboxylic acids is 1. The van der Waals surface area contributed by atoms with Gasteiger partial charge in [-0.2, -0.15) is 13.2 Å². The third kappa shape index (κ3) is 4.43. The molecule has 0 aliphatic carbocycles. The van der Waals surface area contributed by atoms with E-state index >= 15 is 0 Å². The maximum absolute atomic E-state index is 11.8. The molecule has 1 fully saturated rings. The van der Waals surface area contributed by atoms with Crippen LogP contribution in [0.15, 0.2) is 0 Å². The second-order valence-corrected chi connectivity index (χ2v) is 4.44. The molecule has 1 aliphatic rings. The van der Waals surface area contributed by atoms with Gasteiger partial charge in [0, 0.05) is 5.75 Å². The van der Waals surface area contributed by atoms with E-state index < -0.39 is 37.2 Å². The molecule has 17 heavy (non-hydrogen) atoms. The maximum atomic E-state index is 11.8. The molecule has 5 nitrogen and oxygen atoms in total. The summed E-state index contributed by atoms with van der Waals surface area (Å²) in [6.45, 7) is -1.78. The lowest BCUT2D eigenvalue weighted by molar-refractivity contribution is -0.148. The van der Waals surface area contributed by atoms with Crippen molar-refractivity contribution in [3.63, 3.8) is 0 Å². The molecule has 1 heterocycles. The molecule has 1 amide bonds. The number of carbonyl (C=O) groups is 2. The lowest BCUT2D eigenvalue weighted by Gasteiger charge is -2.20. The minimum Gasteiger partial charge on any atom is -0.480 e. The van der Waals surface area contributed by atoms with E-state index in [2.05, 4.69) is 0 Å². The highest BCUT2D eigenvalue weighted by molar-refractivity contribution is 7.99. The fraction of sp³-hybridized carbons (Fsp3) is 0.750. The van der Waals surface area contributed by atoms with Crippen molar-refractivity contribution in [3.8, 4) is 0 Å². The number of hydrogen-bond acceptors (Lipinski definition) is 4. The van der Waals surface area contributed by atoms with Crippen LogP contribution in [-0.2, 0) is 9.59 Å². The number of rotatable bonds is 4. The number of thioether (sulfide) groups is 1. The summed E-state index contributed by atoms with van der Waals surface area (Å²) in [4.78, 5) is 23.3. The van der Waals surface area contributed by atoms with Crippen molar-refractivity contribution in [2.45, 2.75) is 12.2 Å². The Morgan fingerprint density at radius 2 is 2.12 bits per heavy atom. The summed E-state index contributed by atoms with van der Waals surface area (Å²) >= 11 is 1.26. The van der Waals surface area contributed by atoms with E-state index in [4.69, 9.17) is 5.11 Å². The average Bonchev–Trinajstić information content (AvgIpc) is 2.63. The van der Waals surface area contributed by atoms with E-state index in [1.54, 1.807) is 0 Å². The first kappa shape index (κ1) is 14.1. The third-order valence-electron chi connectivity index (χ3n) is 2.09. The molecule has 0 bridgehead atoms. The highest BCUT2D eigenvalue weighted by atomic mass is 32.2. The maximum Gasteiger partial charge on any atom is 0.401 e. The Morgan fingerprint density at radius 1 is 1.47 bits per heavy atom. The largest absolute Gasteiger partial charge is 0.480 e. The number of halogens is 3. The van der Waals surface area contributed by atoms with Crippen LogP contribution in [0.3, 0.4) is 0 Å². The van der Waals surface area contributed by atoms with Gasteiger partial charge in [0.2, 0.25) is 5.91 Å². The van der Waals surface area contributed by atoms with Gasteiger partial charge in [-0.1, -0.05) is 0 Å². The molecule has 1 rings (SSSR count). The minimum atomic E-state index is -4.38. The normalized spacial score (nSPS) is 20.6. The second kappa shape index (κ2) is 5.58. The minimum absolute atomic E-state index is 0.198. The van der Waals surface area contributed by atoms with Gasteiger partial charge < -0.3 is 15.3 Å². The smallest absolute Gasteiger partial charge is 0.401 e. The van der Waals surface area contributed by atoms with E-state index in [1.807, 2.05) is 5.32 Å². The summed E-state index contributed by atoms with van der Waals surface area (Å²) in [6.07, 6.45) is -4.38. The summed E-state index contributed by atoms with van der Waals surface area (Å²) in [7, 11) is 0. The molecule has 2 N–H and O–H groups in total. The Bertz CT molecular complexity index is 311. The molecule has 0 radical (unpaired) electrons. The number of carboxylic acids is 1. The Morgan fingerprint density at radius 3 is 2.65 bits per heavy atom. The van der Waals surface area contributed by atoms with E-state index in [-0.39, 0.29) is 11.6 Å². The standard InChI is InChI=1S/C8H11F3N2O3S/c9-8(10,11)3-12-1-6(14)13-4-17-2-5(13)7(15)16/h5,12H,1-4H2,(H,15,16). The molecule has 1 unspecified atom stereocenters. The van der Waals surface area contributed by atoms with Gasteiger partial charge in [-0.15, -0.1) is 11.8 Å². The zero-order valence-corrected chi connectivity index (χ0v) is 9.48. The fourth-order valence-corrected chi connectivity index (χ4v) is 2.48. The molecule has 1 aliphatic heterocycles. The van der Waals surface area contributed by atoms with Crippen molar-refractivity contribution < 1.29 is 27.9 Å². The summed E-state index contributed by atoms with van der Waals surface area (Å²) in [5.74, 6) is -1.31. The highest BCUT2D eigenvalue weighted by Gasteiger charge is 2.34. The SMILES string of the molecule is O=C(O)C1CSCN1C(=O)CNCC(F)(F)F. The first-order chi connectivity index (χ1) is 7.81. The monoisotopic (exact) mass is 272 g/mol. The second-order valence-electron chi connectivity index (χ2n) is 3.44. The lowest BCUT2D eigenvalue weighted by atomic mass is 10.3. The Labute approximate surface area is 99.3 Å². The van der Waals surface area contributed by atoms with Crippen molar-refractivity contribution in [3.05, 3.63) is 0 Å². The van der Waals surface area contributed by atoms with Gasteiger partial charge in [0.15, 0.2) is 0 Å². The number of nitrogens with zero attached hydrogens (tertiary/aromatic N) is 1. The van der Waals surface area contributed by atoms with E-state index in [0.717, 1.165) is 4.90 Å². The number of hydrogen-bond donors (Lipinski definition) is 2. The van der Waals surface area contributed by atoms with Gasteiger partial charge >= 0.3 is 12.1 Å². The molecule has 0 aromatic heterocycles. The molecule has 9 heteroatoms. The number of nitrogens with one attached hydrogen (secondary N) is 1. The van der Waals surface area contributed by atoms with Crippen molar-refractivity contribution in [2.24, 2.45) is 0 Å². The van der Waals surface area contributed by atoms with Gasteiger partial charge in [-0.25, -0.2) is 4.79 Å². The highest BCUT2D eigenvalue weighted by Crippen LogP contribution is 2.20. The van der Waals surface area contributed by atoms with Crippen LogP contribution < -0.4 is 5.32 Å². The van der Waals surface area contributed by atoms with Crippen LogP contribution in [0.4, 0.5) is 13.2 Å². The first-order valence-corrected chi connectivity index (χ1v) is 5.84. The predicted molar refractivity (Wildman–Crippen MR) is 54.5 cm³/mol. The van der Waals surface area contributed by atoms with Crippen LogP contribution >= 0.6 is 11.8 Å². The van der Waals surface area contributed by atoms with Crippen LogP contribution in [0, 0.1) is 0 Å². The topological polar surface area (TPSA) is 69.6 Å². The molecule has 1 saturated heterocycles. The Hall–Kier alpha value is -0.960. The van der Waals surface area contributed by atoms with Gasteiger partial charge in [0.05, 0.1) is 19.0 Å². The molecule has 98 valence electrons. The van der Waals surface area contributed by atoms with Crippen molar-refractivity contribution >= 4 is 23.6 Å². The number of amides is 1. The lowest BCUT2D eigenvalue weighted by Crippen LogP contribution is -2.46. The van der Waals surface area contributed by atoms with E-state index in [1.165, 1.54) is 11.8 Å². The Balaban J connectivity index is 2.40. The van der Waals surface area contributed by atoms with E-state index in [0.29, 0.717) is 0 Å².